The standard InChI is InChI=1S/C27H36N4O2.H2/c32-27(29-22-23-10-13-28-14-11-23)12-20-33-21-19-30-15-17-31(18-16-30)26-9-5-4-8-25(26)24-6-2-1-3-7-24;/h1-2,5-6,9-11,13-14H,3-4,7-8,12,15-22H2,(H,29,32);1H. The number of amides is 1. The van der Waals surface area contributed by atoms with Crippen LogP contribution in [0.15, 0.2) is 71.7 Å². The second kappa shape index (κ2) is 12.5. The van der Waals surface area contributed by atoms with Crippen LogP contribution in [0.3, 0.4) is 0 Å². The number of nitrogens with one attached hydrogen (secondary N) is 1. The number of rotatable bonds is 10. The monoisotopic (exact) mass is 450 g/mol. The van der Waals surface area contributed by atoms with Gasteiger partial charge in [0.1, 0.15) is 0 Å². The molecule has 178 valence electrons. The number of aromatic nitrogens is 1. The average Bonchev–Trinajstić information content (AvgIpc) is 2.89. The Labute approximate surface area is 199 Å². The zero-order chi connectivity index (χ0) is 22.7. The molecule has 1 amide bonds. The maximum Gasteiger partial charge on any atom is 0.222 e. The van der Waals surface area contributed by atoms with Gasteiger partial charge in [-0.25, -0.2) is 0 Å². The fourth-order valence-corrected chi connectivity index (χ4v) is 4.59. The number of allylic oxidation sites excluding steroid dienone is 7. The molecule has 0 aromatic carbocycles. The van der Waals surface area contributed by atoms with Crippen LogP contribution in [0.2, 0.25) is 0 Å². The Hall–Kier alpha value is -2.70. The van der Waals surface area contributed by atoms with Crippen LogP contribution < -0.4 is 5.32 Å². The molecule has 2 aliphatic carbocycles. The molecule has 1 saturated heterocycles. The van der Waals surface area contributed by atoms with Crippen molar-refractivity contribution in [2.75, 3.05) is 45.9 Å². The summed E-state index contributed by atoms with van der Waals surface area (Å²) in [7, 11) is 0. The number of ether oxygens (including phenoxy) is 1. The third-order valence-corrected chi connectivity index (χ3v) is 6.52. The summed E-state index contributed by atoms with van der Waals surface area (Å²) in [5.74, 6) is 0.0219. The van der Waals surface area contributed by atoms with Crippen LogP contribution in [-0.2, 0) is 16.1 Å². The lowest BCUT2D eigenvalue weighted by atomic mass is 9.89. The lowest BCUT2D eigenvalue weighted by Gasteiger charge is -2.38. The Morgan fingerprint density at radius 2 is 1.88 bits per heavy atom. The van der Waals surface area contributed by atoms with Crippen molar-refractivity contribution < 1.29 is 11.0 Å². The van der Waals surface area contributed by atoms with Crippen LogP contribution in [-0.4, -0.2) is 66.6 Å². The second-order valence-electron chi connectivity index (χ2n) is 8.79. The Kier molecular flexibility index (Phi) is 8.90. The van der Waals surface area contributed by atoms with Crippen molar-refractivity contribution in [1.29, 1.82) is 0 Å². The summed E-state index contributed by atoms with van der Waals surface area (Å²) in [6.07, 6.45) is 20.0. The van der Waals surface area contributed by atoms with Gasteiger partial charge in [-0.05, 0) is 60.6 Å². The van der Waals surface area contributed by atoms with Gasteiger partial charge >= 0.3 is 0 Å². The molecule has 0 bridgehead atoms. The van der Waals surface area contributed by atoms with Crippen molar-refractivity contribution >= 4 is 5.91 Å². The fourth-order valence-electron chi connectivity index (χ4n) is 4.59. The molecule has 4 rings (SSSR count). The highest BCUT2D eigenvalue weighted by molar-refractivity contribution is 5.75. The lowest BCUT2D eigenvalue weighted by Crippen LogP contribution is -2.47. The van der Waals surface area contributed by atoms with E-state index in [-0.39, 0.29) is 7.33 Å². The van der Waals surface area contributed by atoms with E-state index in [4.69, 9.17) is 4.74 Å². The summed E-state index contributed by atoms with van der Waals surface area (Å²) < 4.78 is 5.74. The van der Waals surface area contributed by atoms with E-state index in [1.54, 1.807) is 18.0 Å². The number of hydrogen-bond donors (Lipinski definition) is 1. The van der Waals surface area contributed by atoms with E-state index in [0.29, 0.717) is 26.2 Å². The summed E-state index contributed by atoms with van der Waals surface area (Å²) in [6.45, 7) is 6.82. The van der Waals surface area contributed by atoms with Gasteiger partial charge in [-0.3, -0.25) is 14.7 Å². The number of hydrogen-bond acceptors (Lipinski definition) is 5. The minimum absolute atomic E-state index is 0. The first-order valence-electron chi connectivity index (χ1n) is 12.3. The van der Waals surface area contributed by atoms with Crippen molar-refractivity contribution in [2.45, 2.75) is 38.6 Å². The highest BCUT2D eigenvalue weighted by atomic mass is 16.5. The topological polar surface area (TPSA) is 57.7 Å². The van der Waals surface area contributed by atoms with Gasteiger partial charge in [0.05, 0.1) is 13.2 Å². The third-order valence-electron chi connectivity index (χ3n) is 6.52. The molecule has 0 spiro atoms. The molecule has 1 aromatic heterocycles. The lowest BCUT2D eigenvalue weighted by molar-refractivity contribution is -0.122. The molecular formula is C27H38N4O2. The SMILES string of the molecule is O=C(CCOCCN1CCN(C2=C(C3=CC=CCC3)CCC=C2)CC1)NCc1ccncc1.[HH]. The van der Waals surface area contributed by atoms with E-state index in [0.717, 1.165) is 57.5 Å². The summed E-state index contributed by atoms with van der Waals surface area (Å²) >= 11 is 0. The van der Waals surface area contributed by atoms with Crippen molar-refractivity contribution in [1.82, 2.24) is 20.1 Å². The van der Waals surface area contributed by atoms with Gasteiger partial charge in [-0.2, -0.15) is 0 Å². The fraction of sp³-hybridized carbons (Fsp3) is 0.481. The van der Waals surface area contributed by atoms with Crippen molar-refractivity contribution in [2.24, 2.45) is 0 Å². The Balaban J connectivity index is 0.00000324. The van der Waals surface area contributed by atoms with Crippen LogP contribution >= 0.6 is 0 Å². The van der Waals surface area contributed by atoms with Crippen LogP contribution in [0.5, 0.6) is 0 Å². The van der Waals surface area contributed by atoms with Gasteiger partial charge in [-0.1, -0.05) is 24.3 Å². The first-order valence-corrected chi connectivity index (χ1v) is 12.3. The quantitative estimate of drug-likeness (QED) is 0.549. The van der Waals surface area contributed by atoms with Gasteiger partial charge in [0.25, 0.3) is 0 Å². The highest BCUT2D eigenvalue weighted by Gasteiger charge is 2.22. The van der Waals surface area contributed by atoms with Crippen molar-refractivity contribution in [3.8, 4) is 0 Å². The first-order chi connectivity index (χ1) is 16.3. The van der Waals surface area contributed by atoms with Crippen LogP contribution in [0.25, 0.3) is 0 Å². The van der Waals surface area contributed by atoms with E-state index in [1.165, 1.54) is 17.7 Å². The molecule has 2 heterocycles. The first kappa shape index (κ1) is 23.5. The smallest absolute Gasteiger partial charge is 0.222 e. The number of piperazine rings is 1. The molecule has 0 saturated carbocycles. The van der Waals surface area contributed by atoms with E-state index in [2.05, 4.69) is 50.5 Å². The van der Waals surface area contributed by atoms with E-state index in [1.807, 2.05) is 12.1 Å². The third kappa shape index (κ3) is 7.14. The van der Waals surface area contributed by atoms with Gasteiger partial charge in [0, 0.05) is 65.2 Å². The molecular weight excluding hydrogens is 412 g/mol. The Morgan fingerprint density at radius 1 is 1.06 bits per heavy atom. The predicted molar refractivity (Wildman–Crippen MR) is 134 cm³/mol. The molecule has 6 nitrogen and oxygen atoms in total. The Bertz CT molecular complexity index is 902. The van der Waals surface area contributed by atoms with E-state index < -0.39 is 0 Å². The summed E-state index contributed by atoms with van der Waals surface area (Å²) in [6, 6.07) is 3.81. The Morgan fingerprint density at radius 3 is 2.67 bits per heavy atom. The van der Waals surface area contributed by atoms with Crippen molar-refractivity contribution in [3.63, 3.8) is 0 Å². The largest absolute Gasteiger partial charge is 0.380 e. The number of nitrogens with zero attached hydrogens (tertiary/aromatic N) is 3. The molecule has 1 aromatic rings. The molecule has 1 N–H and O–H groups in total. The molecule has 0 unspecified atom stereocenters. The maximum atomic E-state index is 12.0. The van der Waals surface area contributed by atoms with E-state index in [9.17, 15) is 4.79 Å². The van der Waals surface area contributed by atoms with Crippen molar-refractivity contribution in [3.05, 3.63) is 77.3 Å². The van der Waals surface area contributed by atoms with Crippen LogP contribution in [0.1, 0.15) is 39.1 Å². The molecule has 0 radical (unpaired) electrons. The second-order valence-corrected chi connectivity index (χ2v) is 8.79. The average molecular weight is 451 g/mol. The predicted octanol–water partition coefficient (Wildman–Crippen LogP) is 3.85. The molecule has 33 heavy (non-hydrogen) atoms. The minimum Gasteiger partial charge on any atom is -0.380 e. The van der Waals surface area contributed by atoms with Gasteiger partial charge in [-0.15, -0.1) is 0 Å². The normalized spacial score (nSPS) is 19.0. The molecule has 0 atom stereocenters. The number of carbonyl (C=O) groups excluding carboxylic acids is 1. The van der Waals surface area contributed by atoms with E-state index >= 15 is 0 Å². The number of pyridine rings is 1. The molecule has 6 heteroatoms. The highest BCUT2D eigenvalue weighted by Crippen LogP contribution is 2.32. The van der Waals surface area contributed by atoms with Crippen LogP contribution in [0, 0.1) is 0 Å². The number of carbonyl (C=O) groups is 1. The zero-order valence-corrected chi connectivity index (χ0v) is 19.5. The molecule has 1 fully saturated rings. The maximum absolute atomic E-state index is 12.0. The van der Waals surface area contributed by atoms with Gasteiger partial charge in [0.2, 0.25) is 5.91 Å². The zero-order valence-electron chi connectivity index (χ0n) is 19.5. The molecule has 1 aliphatic heterocycles. The van der Waals surface area contributed by atoms with Gasteiger partial charge < -0.3 is 15.0 Å². The van der Waals surface area contributed by atoms with Crippen LogP contribution in [0.4, 0.5) is 0 Å². The molecule has 3 aliphatic rings. The summed E-state index contributed by atoms with van der Waals surface area (Å²) in [5, 5.41) is 2.92. The summed E-state index contributed by atoms with van der Waals surface area (Å²) in [4.78, 5) is 21.0. The minimum atomic E-state index is 0. The van der Waals surface area contributed by atoms with Gasteiger partial charge in [0.15, 0.2) is 0 Å². The summed E-state index contributed by atoms with van der Waals surface area (Å²) in [5.41, 5.74) is 5.58.